The maximum Gasteiger partial charge on any atom is 0.339 e. The third-order valence-electron chi connectivity index (χ3n) is 3.01. The van der Waals surface area contributed by atoms with Crippen LogP contribution >= 0.6 is 11.8 Å². The van der Waals surface area contributed by atoms with Crippen LogP contribution in [0.5, 0.6) is 0 Å². The molecule has 1 aliphatic carbocycles. The molecule has 0 spiro atoms. The van der Waals surface area contributed by atoms with E-state index < -0.39 is 22.6 Å². The maximum absolute atomic E-state index is 11.4. The Labute approximate surface area is 118 Å². The van der Waals surface area contributed by atoms with E-state index in [4.69, 9.17) is 0 Å². The average molecular weight is 300 g/mol. The zero-order chi connectivity index (χ0) is 14.9. The van der Waals surface area contributed by atoms with Gasteiger partial charge in [-0.2, -0.15) is 4.98 Å². The molecule has 1 unspecified atom stereocenters. The predicted molar refractivity (Wildman–Crippen MR) is 73.0 cm³/mol. The van der Waals surface area contributed by atoms with Crippen molar-refractivity contribution in [3.8, 4) is 0 Å². The first kappa shape index (κ1) is 14.8. The fourth-order valence-electron chi connectivity index (χ4n) is 1.64. The van der Waals surface area contributed by atoms with E-state index >= 15 is 0 Å². The van der Waals surface area contributed by atoms with Crippen LogP contribution in [0.3, 0.4) is 0 Å². The van der Waals surface area contributed by atoms with Crippen molar-refractivity contribution in [3.63, 3.8) is 0 Å². The number of carboxylic acid groups (broad SMARTS) is 1. The molecule has 1 aliphatic rings. The largest absolute Gasteiger partial charge is 0.480 e. The number of nitrogens with zero attached hydrogens (tertiary/aromatic N) is 2. The van der Waals surface area contributed by atoms with Gasteiger partial charge in [-0.05, 0) is 19.8 Å². The topological polar surface area (TPSA) is 117 Å². The standard InChI is InChI=1S/C11H16N4O4S/c1-11(9(18)19,13-6-3-4-6)5-20-10-12-7(16)8(17)14-15(10)2/h6,13H,3-5H2,1-2H3,(H,14,17)(H,18,19). The van der Waals surface area contributed by atoms with Crippen molar-refractivity contribution in [2.75, 3.05) is 5.75 Å². The number of nitrogens with one attached hydrogen (secondary N) is 2. The summed E-state index contributed by atoms with van der Waals surface area (Å²) in [5.74, 6) is -0.753. The van der Waals surface area contributed by atoms with Gasteiger partial charge in [0.05, 0.1) is 0 Å². The van der Waals surface area contributed by atoms with Gasteiger partial charge < -0.3 is 5.11 Å². The minimum Gasteiger partial charge on any atom is -0.480 e. The second-order valence-corrected chi connectivity index (χ2v) is 5.99. The number of aryl methyl sites for hydroxylation is 1. The molecule has 0 aliphatic heterocycles. The lowest BCUT2D eigenvalue weighted by Crippen LogP contribution is -2.52. The second-order valence-electron chi connectivity index (χ2n) is 5.04. The number of aromatic nitrogens is 3. The van der Waals surface area contributed by atoms with E-state index in [1.807, 2.05) is 0 Å². The first-order valence-electron chi connectivity index (χ1n) is 6.13. The lowest BCUT2D eigenvalue weighted by molar-refractivity contribution is -0.143. The molecular formula is C11H16N4O4S. The van der Waals surface area contributed by atoms with E-state index in [9.17, 15) is 19.5 Å². The zero-order valence-corrected chi connectivity index (χ0v) is 12.0. The third kappa shape index (κ3) is 3.28. The van der Waals surface area contributed by atoms with Gasteiger partial charge in [-0.3, -0.25) is 29.5 Å². The highest BCUT2D eigenvalue weighted by molar-refractivity contribution is 7.99. The van der Waals surface area contributed by atoms with Crippen molar-refractivity contribution in [2.24, 2.45) is 7.05 Å². The van der Waals surface area contributed by atoms with Gasteiger partial charge in [0.1, 0.15) is 5.54 Å². The molecule has 8 nitrogen and oxygen atoms in total. The van der Waals surface area contributed by atoms with E-state index in [2.05, 4.69) is 15.4 Å². The lowest BCUT2D eigenvalue weighted by atomic mass is 10.1. The number of thioether (sulfide) groups is 1. The van der Waals surface area contributed by atoms with E-state index in [1.165, 1.54) is 4.68 Å². The lowest BCUT2D eigenvalue weighted by Gasteiger charge is -2.25. The number of aliphatic carboxylic acids is 1. The molecule has 9 heteroatoms. The van der Waals surface area contributed by atoms with Gasteiger partial charge >= 0.3 is 17.1 Å². The van der Waals surface area contributed by atoms with Crippen LogP contribution < -0.4 is 16.4 Å². The molecule has 1 saturated carbocycles. The van der Waals surface area contributed by atoms with Gasteiger partial charge in [0.2, 0.25) is 0 Å². The maximum atomic E-state index is 11.4. The number of rotatable bonds is 6. The fourth-order valence-corrected chi connectivity index (χ4v) is 2.65. The molecule has 2 rings (SSSR count). The minimum atomic E-state index is -1.10. The Morgan fingerprint density at radius 3 is 2.80 bits per heavy atom. The van der Waals surface area contributed by atoms with Gasteiger partial charge in [0.15, 0.2) is 5.16 Å². The molecule has 0 bridgehead atoms. The van der Waals surface area contributed by atoms with Crippen LogP contribution in [-0.4, -0.2) is 43.2 Å². The summed E-state index contributed by atoms with van der Waals surface area (Å²) in [6, 6.07) is 0.240. The van der Waals surface area contributed by atoms with Gasteiger partial charge in [0, 0.05) is 18.8 Å². The Bertz CT molecular complexity index is 636. The highest BCUT2D eigenvalue weighted by Crippen LogP contribution is 2.26. The Balaban J connectivity index is 2.13. The second kappa shape index (κ2) is 5.41. The summed E-state index contributed by atoms with van der Waals surface area (Å²) in [5, 5.41) is 15.0. The smallest absolute Gasteiger partial charge is 0.339 e. The normalized spacial score (nSPS) is 17.7. The van der Waals surface area contributed by atoms with E-state index in [0.29, 0.717) is 0 Å². The number of hydrogen-bond donors (Lipinski definition) is 3. The highest BCUT2D eigenvalue weighted by atomic mass is 32.2. The molecule has 0 aromatic carbocycles. The van der Waals surface area contributed by atoms with Crippen molar-refractivity contribution in [1.82, 2.24) is 20.1 Å². The third-order valence-corrected chi connectivity index (χ3v) is 4.35. The molecule has 3 N–H and O–H groups in total. The Morgan fingerprint density at radius 1 is 1.60 bits per heavy atom. The quantitative estimate of drug-likeness (QED) is 0.463. The van der Waals surface area contributed by atoms with Gasteiger partial charge in [-0.25, -0.2) is 0 Å². The summed E-state index contributed by atoms with van der Waals surface area (Å²) in [6.07, 6.45) is 1.95. The Hall–Kier alpha value is -1.61. The average Bonchev–Trinajstić information content (AvgIpc) is 3.15. The van der Waals surface area contributed by atoms with Gasteiger partial charge in [-0.1, -0.05) is 11.8 Å². The first-order chi connectivity index (χ1) is 9.32. The minimum absolute atomic E-state index is 0.200. The molecule has 0 amide bonds. The number of aromatic amines is 1. The zero-order valence-electron chi connectivity index (χ0n) is 11.2. The number of carbonyl (C=O) groups is 1. The fraction of sp³-hybridized carbons (Fsp3) is 0.636. The summed E-state index contributed by atoms with van der Waals surface area (Å²) >= 11 is 1.11. The summed E-state index contributed by atoms with van der Waals surface area (Å²) in [7, 11) is 1.54. The number of hydrogen-bond acceptors (Lipinski definition) is 6. The Morgan fingerprint density at radius 2 is 2.25 bits per heavy atom. The van der Waals surface area contributed by atoms with Crippen LogP contribution in [0.15, 0.2) is 14.7 Å². The molecule has 0 saturated heterocycles. The summed E-state index contributed by atoms with van der Waals surface area (Å²) < 4.78 is 1.31. The molecule has 110 valence electrons. The summed E-state index contributed by atoms with van der Waals surface area (Å²) in [5.41, 5.74) is -2.77. The molecule has 1 atom stereocenters. The SMILES string of the molecule is Cn1[nH]c(=O)c(=O)nc1SCC(C)(NC1CC1)C(=O)O. The van der Waals surface area contributed by atoms with Crippen LogP contribution in [-0.2, 0) is 11.8 Å². The van der Waals surface area contributed by atoms with Crippen molar-refractivity contribution < 1.29 is 9.90 Å². The van der Waals surface area contributed by atoms with Crippen molar-refractivity contribution in [3.05, 3.63) is 20.7 Å². The van der Waals surface area contributed by atoms with Gasteiger partial charge in [0.25, 0.3) is 0 Å². The monoisotopic (exact) mass is 300 g/mol. The van der Waals surface area contributed by atoms with Crippen LogP contribution in [0.25, 0.3) is 0 Å². The van der Waals surface area contributed by atoms with E-state index in [1.54, 1.807) is 14.0 Å². The molecule has 1 heterocycles. The first-order valence-corrected chi connectivity index (χ1v) is 7.11. The molecule has 1 aromatic rings. The summed E-state index contributed by atoms with van der Waals surface area (Å²) in [4.78, 5) is 37.3. The molecule has 20 heavy (non-hydrogen) atoms. The van der Waals surface area contributed by atoms with Crippen LogP contribution in [0.4, 0.5) is 0 Å². The van der Waals surface area contributed by atoms with Crippen molar-refractivity contribution in [1.29, 1.82) is 0 Å². The Kier molecular flexibility index (Phi) is 4.00. The van der Waals surface area contributed by atoms with Crippen LogP contribution in [0.2, 0.25) is 0 Å². The van der Waals surface area contributed by atoms with Crippen molar-refractivity contribution >= 4 is 17.7 Å². The predicted octanol–water partition coefficient (Wildman–Crippen LogP) is -0.844. The number of H-pyrrole nitrogens is 1. The van der Waals surface area contributed by atoms with E-state index in [-0.39, 0.29) is 17.0 Å². The molecule has 0 radical (unpaired) electrons. The number of carboxylic acids is 1. The van der Waals surface area contributed by atoms with Crippen molar-refractivity contribution in [2.45, 2.75) is 36.5 Å². The van der Waals surface area contributed by atoms with E-state index in [0.717, 1.165) is 24.6 Å². The van der Waals surface area contributed by atoms with Crippen LogP contribution in [0, 0.1) is 0 Å². The van der Waals surface area contributed by atoms with Gasteiger partial charge in [-0.15, -0.1) is 0 Å². The van der Waals surface area contributed by atoms with Crippen LogP contribution in [0.1, 0.15) is 19.8 Å². The molecule has 1 aromatic heterocycles. The summed E-state index contributed by atoms with van der Waals surface area (Å²) in [6.45, 7) is 1.60. The molecule has 1 fully saturated rings. The highest BCUT2D eigenvalue weighted by Gasteiger charge is 2.38. The molecular weight excluding hydrogens is 284 g/mol.